The normalized spacial score (nSPS) is 10.2. The van der Waals surface area contributed by atoms with Gasteiger partial charge in [0.2, 0.25) is 17.8 Å². The van der Waals surface area contributed by atoms with Gasteiger partial charge in [-0.25, -0.2) is 0 Å². The summed E-state index contributed by atoms with van der Waals surface area (Å²) in [5.41, 5.74) is 12.0. The molecule has 8 nitrogen and oxygen atoms in total. The molecule has 2 aromatic rings. The maximum Gasteiger partial charge on any atom is 0.234 e. The average Bonchev–Trinajstić information content (AvgIpc) is 2.44. The smallest absolute Gasteiger partial charge is 0.234 e. The Balaban J connectivity index is 1.95. The van der Waals surface area contributed by atoms with Crippen LogP contribution in [0.5, 0.6) is 0 Å². The first kappa shape index (κ1) is 15.7. The number of Topliss-reactive ketones (excluding diaryl/α,β-unsaturated/α-hetero) is 1. The average molecular weight is 318 g/mol. The third-order valence-electron chi connectivity index (χ3n) is 2.53. The zero-order valence-corrected chi connectivity index (χ0v) is 12.6. The van der Waals surface area contributed by atoms with Gasteiger partial charge in [-0.15, -0.1) is 0 Å². The molecule has 0 atom stereocenters. The van der Waals surface area contributed by atoms with Crippen molar-refractivity contribution in [1.82, 2.24) is 15.0 Å². The summed E-state index contributed by atoms with van der Waals surface area (Å²) in [5, 5.41) is 2.97. The Kier molecular flexibility index (Phi) is 4.89. The van der Waals surface area contributed by atoms with Crippen molar-refractivity contribution in [2.45, 2.75) is 12.1 Å². The minimum Gasteiger partial charge on any atom is -0.368 e. The van der Waals surface area contributed by atoms with Gasteiger partial charge >= 0.3 is 0 Å². The zero-order chi connectivity index (χ0) is 16.1. The molecule has 0 bridgehead atoms. The first-order valence-corrected chi connectivity index (χ1v) is 7.23. The molecule has 0 aliphatic rings. The summed E-state index contributed by atoms with van der Waals surface area (Å²) >= 11 is 1.09. The van der Waals surface area contributed by atoms with E-state index in [4.69, 9.17) is 11.5 Å². The Labute approximate surface area is 130 Å². The predicted molar refractivity (Wildman–Crippen MR) is 84.5 cm³/mol. The Morgan fingerprint density at radius 3 is 2.50 bits per heavy atom. The molecule has 0 saturated carbocycles. The van der Waals surface area contributed by atoms with Gasteiger partial charge in [0, 0.05) is 11.3 Å². The molecule has 9 heteroatoms. The molecule has 114 valence electrons. The number of hydrogen-bond acceptors (Lipinski definition) is 8. The summed E-state index contributed by atoms with van der Waals surface area (Å²) in [6, 6.07) is 6.70. The van der Waals surface area contributed by atoms with E-state index in [9.17, 15) is 9.59 Å². The molecular weight excluding hydrogens is 304 g/mol. The number of nitrogens with two attached hydrogens (primary N) is 2. The number of hydrogen-bond donors (Lipinski definition) is 3. The van der Waals surface area contributed by atoms with Crippen molar-refractivity contribution >= 4 is 41.0 Å². The first-order valence-electron chi connectivity index (χ1n) is 6.24. The number of amides is 1. The van der Waals surface area contributed by atoms with Gasteiger partial charge in [0.1, 0.15) is 0 Å². The van der Waals surface area contributed by atoms with Crippen LogP contribution in [0.4, 0.5) is 17.6 Å². The van der Waals surface area contributed by atoms with E-state index in [2.05, 4.69) is 20.3 Å². The Hall–Kier alpha value is -2.68. The van der Waals surface area contributed by atoms with Crippen LogP contribution in [0.15, 0.2) is 29.4 Å². The third kappa shape index (κ3) is 4.42. The van der Waals surface area contributed by atoms with Crippen molar-refractivity contribution in [2.75, 3.05) is 22.5 Å². The molecule has 0 fully saturated rings. The molecule has 0 unspecified atom stereocenters. The van der Waals surface area contributed by atoms with Gasteiger partial charge in [0.15, 0.2) is 10.9 Å². The number of carbonyl (C=O) groups is 2. The summed E-state index contributed by atoms with van der Waals surface area (Å²) in [6.07, 6.45) is 0. The molecule has 1 amide bonds. The largest absolute Gasteiger partial charge is 0.368 e. The molecule has 5 N–H and O–H groups in total. The molecule has 1 aromatic carbocycles. The molecule has 22 heavy (non-hydrogen) atoms. The van der Waals surface area contributed by atoms with Crippen molar-refractivity contribution in [3.05, 3.63) is 29.8 Å². The van der Waals surface area contributed by atoms with Crippen molar-refractivity contribution < 1.29 is 9.59 Å². The monoisotopic (exact) mass is 318 g/mol. The molecule has 0 aliphatic heterocycles. The highest BCUT2D eigenvalue weighted by atomic mass is 32.2. The van der Waals surface area contributed by atoms with Gasteiger partial charge in [-0.05, 0) is 19.1 Å². The van der Waals surface area contributed by atoms with Crippen LogP contribution in [-0.4, -0.2) is 32.4 Å². The fourth-order valence-corrected chi connectivity index (χ4v) is 2.24. The van der Waals surface area contributed by atoms with Crippen LogP contribution in [0.3, 0.4) is 0 Å². The second kappa shape index (κ2) is 6.85. The minimum absolute atomic E-state index is 0.00423. The summed E-state index contributed by atoms with van der Waals surface area (Å²) in [5.74, 6) is -0.244. The highest BCUT2D eigenvalue weighted by molar-refractivity contribution is 7.99. The van der Waals surface area contributed by atoms with E-state index in [1.165, 1.54) is 6.92 Å². The highest BCUT2D eigenvalue weighted by Crippen LogP contribution is 2.16. The lowest BCUT2D eigenvalue weighted by atomic mass is 10.1. The van der Waals surface area contributed by atoms with E-state index >= 15 is 0 Å². The van der Waals surface area contributed by atoms with Gasteiger partial charge in [-0.2, -0.15) is 15.0 Å². The van der Waals surface area contributed by atoms with E-state index in [0.717, 1.165) is 11.8 Å². The highest BCUT2D eigenvalue weighted by Gasteiger charge is 2.08. The molecule has 0 spiro atoms. The number of rotatable bonds is 5. The van der Waals surface area contributed by atoms with Gasteiger partial charge in [-0.3, -0.25) is 9.59 Å². The Bertz CT molecular complexity index is 701. The quantitative estimate of drug-likeness (QED) is 0.548. The number of nitrogens with one attached hydrogen (secondary N) is 1. The molecular formula is C13H14N6O2S. The molecule has 0 radical (unpaired) electrons. The number of anilines is 3. The van der Waals surface area contributed by atoms with Crippen molar-refractivity contribution in [1.29, 1.82) is 0 Å². The maximum absolute atomic E-state index is 11.9. The second-order valence-corrected chi connectivity index (χ2v) is 5.25. The van der Waals surface area contributed by atoms with Crippen LogP contribution < -0.4 is 16.8 Å². The summed E-state index contributed by atoms with van der Waals surface area (Å²) in [7, 11) is 0. The van der Waals surface area contributed by atoms with Crippen molar-refractivity contribution in [3.8, 4) is 0 Å². The number of benzene rings is 1. The molecule has 0 saturated heterocycles. The number of thioether (sulfide) groups is 1. The molecule has 1 heterocycles. The lowest BCUT2D eigenvalue weighted by molar-refractivity contribution is -0.113. The zero-order valence-electron chi connectivity index (χ0n) is 11.7. The second-order valence-electron chi connectivity index (χ2n) is 4.31. The van der Waals surface area contributed by atoms with E-state index in [-0.39, 0.29) is 34.5 Å². The number of nitrogens with zero attached hydrogens (tertiary/aromatic N) is 3. The van der Waals surface area contributed by atoms with Gasteiger partial charge in [0.25, 0.3) is 0 Å². The molecule has 1 aromatic heterocycles. The lowest BCUT2D eigenvalue weighted by Crippen LogP contribution is -2.15. The van der Waals surface area contributed by atoms with Crippen LogP contribution in [-0.2, 0) is 4.79 Å². The first-order chi connectivity index (χ1) is 10.4. The summed E-state index contributed by atoms with van der Waals surface area (Å²) in [6.45, 7) is 1.46. The van der Waals surface area contributed by atoms with Crippen LogP contribution in [0.25, 0.3) is 0 Å². The Morgan fingerprint density at radius 2 is 1.86 bits per heavy atom. The van der Waals surface area contributed by atoms with E-state index < -0.39 is 0 Å². The van der Waals surface area contributed by atoms with Gasteiger partial charge < -0.3 is 16.8 Å². The minimum atomic E-state index is -0.261. The third-order valence-corrected chi connectivity index (χ3v) is 3.38. The SMILES string of the molecule is CC(=O)c1cccc(NC(=O)CSc2nc(N)nc(N)n2)c1. The number of carbonyl (C=O) groups excluding carboxylic acids is 2. The number of nitrogen functional groups attached to an aromatic ring is 2. The standard InChI is InChI=1S/C13H14N6O2S/c1-7(20)8-3-2-4-9(5-8)16-10(21)6-22-13-18-11(14)17-12(15)19-13/h2-5H,6H2,1H3,(H,16,21)(H4,14,15,17,18,19). The van der Waals surface area contributed by atoms with E-state index in [1.54, 1.807) is 24.3 Å². The van der Waals surface area contributed by atoms with Crippen LogP contribution in [0, 0.1) is 0 Å². The maximum atomic E-state index is 11.9. The molecule has 0 aliphatic carbocycles. The van der Waals surface area contributed by atoms with Gasteiger partial charge in [0.05, 0.1) is 5.75 Å². The van der Waals surface area contributed by atoms with E-state index in [1.807, 2.05) is 0 Å². The van der Waals surface area contributed by atoms with Gasteiger partial charge in [-0.1, -0.05) is 23.9 Å². The number of aromatic nitrogens is 3. The van der Waals surface area contributed by atoms with Crippen LogP contribution in [0.2, 0.25) is 0 Å². The van der Waals surface area contributed by atoms with E-state index in [0.29, 0.717) is 11.3 Å². The topological polar surface area (TPSA) is 137 Å². The fourth-order valence-electron chi connectivity index (χ4n) is 1.60. The van der Waals surface area contributed by atoms with Crippen LogP contribution in [0.1, 0.15) is 17.3 Å². The summed E-state index contributed by atoms with van der Waals surface area (Å²) in [4.78, 5) is 34.6. The Morgan fingerprint density at radius 1 is 1.18 bits per heavy atom. The fraction of sp³-hybridized carbons (Fsp3) is 0.154. The summed E-state index contributed by atoms with van der Waals surface area (Å²) < 4.78 is 0. The van der Waals surface area contributed by atoms with Crippen molar-refractivity contribution in [2.24, 2.45) is 0 Å². The lowest BCUT2D eigenvalue weighted by Gasteiger charge is -2.06. The van der Waals surface area contributed by atoms with Crippen molar-refractivity contribution in [3.63, 3.8) is 0 Å². The number of ketones is 1. The molecule has 2 rings (SSSR count). The predicted octanol–water partition coefficient (Wildman–Crippen LogP) is 0.969. The van der Waals surface area contributed by atoms with Crippen LogP contribution >= 0.6 is 11.8 Å².